The van der Waals surface area contributed by atoms with Crippen LogP contribution in [0.25, 0.3) is 5.70 Å². The van der Waals surface area contributed by atoms with Gasteiger partial charge in [0.25, 0.3) is 0 Å². The van der Waals surface area contributed by atoms with E-state index in [1.807, 2.05) is 84.9 Å². The zero-order valence-electron chi connectivity index (χ0n) is 12.9. The van der Waals surface area contributed by atoms with Crippen LogP contribution >= 0.6 is 11.8 Å². The number of hydrogen-bond acceptors (Lipinski definition) is 3. The number of para-hydroxylation sites is 1. The van der Waals surface area contributed by atoms with Crippen LogP contribution in [-0.2, 0) is 0 Å². The number of carbonyl (C=O) groups excluding carboxylic acids is 1. The monoisotopic (exact) mass is 329 g/mol. The number of carbonyl (C=O) groups is 1. The minimum absolute atomic E-state index is 0.0430. The normalized spacial score (nSPS) is 13.2. The summed E-state index contributed by atoms with van der Waals surface area (Å²) in [6, 6.07) is 27.5. The molecule has 1 heterocycles. The number of nitrogens with one attached hydrogen (secondary N) is 1. The molecule has 0 saturated heterocycles. The Bertz CT molecular complexity index is 917. The zero-order valence-corrected chi connectivity index (χ0v) is 13.7. The van der Waals surface area contributed by atoms with E-state index < -0.39 is 0 Å². The Morgan fingerprint density at radius 1 is 0.750 bits per heavy atom. The summed E-state index contributed by atoms with van der Waals surface area (Å²) in [4.78, 5) is 14.9. The summed E-state index contributed by atoms with van der Waals surface area (Å²) in [6.07, 6.45) is 0. The number of hydrogen-bond donors (Lipinski definition) is 1. The Morgan fingerprint density at radius 3 is 2.12 bits per heavy atom. The second-order valence-electron chi connectivity index (χ2n) is 5.49. The number of benzene rings is 3. The SMILES string of the molecule is O=C(C1=C(c2ccccc2)Nc2ccccc2S1)c1ccccc1. The maximum Gasteiger partial charge on any atom is 0.201 e. The predicted molar refractivity (Wildman–Crippen MR) is 100 cm³/mol. The van der Waals surface area contributed by atoms with Crippen LogP contribution in [0.15, 0.2) is 94.7 Å². The Hall–Kier alpha value is -2.78. The van der Waals surface area contributed by atoms with Gasteiger partial charge in [-0.2, -0.15) is 0 Å². The summed E-state index contributed by atoms with van der Waals surface area (Å²) in [6.45, 7) is 0. The Kier molecular flexibility index (Phi) is 3.93. The van der Waals surface area contributed by atoms with Crippen molar-refractivity contribution in [1.82, 2.24) is 0 Å². The minimum atomic E-state index is 0.0430. The van der Waals surface area contributed by atoms with Crippen LogP contribution < -0.4 is 5.32 Å². The van der Waals surface area contributed by atoms with Gasteiger partial charge in [0.2, 0.25) is 5.78 Å². The molecule has 0 spiro atoms. The van der Waals surface area contributed by atoms with Crippen LogP contribution in [0, 0.1) is 0 Å². The Labute approximate surface area is 145 Å². The van der Waals surface area contributed by atoms with E-state index in [1.54, 1.807) is 0 Å². The highest BCUT2D eigenvalue weighted by Crippen LogP contribution is 2.43. The highest BCUT2D eigenvalue weighted by Gasteiger charge is 2.25. The molecule has 3 aromatic rings. The smallest absolute Gasteiger partial charge is 0.201 e. The zero-order chi connectivity index (χ0) is 16.4. The van der Waals surface area contributed by atoms with Crippen LogP contribution in [0.2, 0.25) is 0 Å². The molecule has 0 bridgehead atoms. The molecule has 1 aliphatic rings. The summed E-state index contributed by atoms with van der Waals surface area (Å²) in [5.41, 5.74) is 3.62. The van der Waals surface area contributed by atoms with Crippen LogP contribution in [0.1, 0.15) is 15.9 Å². The molecule has 0 aliphatic carbocycles. The van der Waals surface area contributed by atoms with Crippen LogP contribution in [0.5, 0.6) is 0 Å². The molecule has 0 atom stereocenters. The molecule has 0 fully saturated rings. The van der Waals surface area contributed by atoms with Crippen molar-refractivity contribution in [2.75, 3.05) is 5.32 Å². The first-order valence-corrected chi connectivity index (χ1v) is 8.58. The molecule has 1 N–H and O–H groups in total. The van der Waals surface area contributed by atoms with E-state index in [-0.39, 0.29) is 5.78 Å². The molecule has 3 aromatic carbocycles. The van der Waals surface area contributed by atoms with Gasteiger partial charge in [0, 0.05) is 10.5 Å². The van der Waals surface area contributed by atoms with Crippen molar-refractivity contribution in [3.63, 3.8) is 0 Å². The Balaban J connectivity index is 1.85. The first kappa shape index (κ1) is 14.8. The molecular formula is C21H15NOS. The van der Waals surface area contributed by atoms with E-state index in [1.165, 1.54) is 11.8 Å². The first-order valence-electron chi connectivity index (χ1n) is 7.76. The van der Waals surface area contributed by atoms with Gasteiger partial charge in [0.15, 0.2) is 0 Å². The molecule has 0 amide bonds. The number of allylic oxidation sites excluding steroid dienone is 1. The van der Waals surface area contributed by atoms with Gasteiger partial charge in [-0.25, -0.2) is 0 Å². The van der Waals surface area contributed by atoms with E-state index in [4.69, 9.17) is 0 Å². The number of thioether (sulfide) groups is 1. The van der Waals surface area contributed by atoms with Gasteiger partial charge in [0.1, 0.15) is 0 Å². The van der Waals surface area contributed by atoms with Crippen LogP contribution in [-0.4, -0.2) is 5.78 Å². The van der Waals surface area contributed by atoms with Crippen molar-refractivity contribution < 1.29 is 4.79 Å². The lowest BCUT2D eigenvalue weighted by Gasteiger charge is -2.23. The van der Waals surface area contributed by atoms with Crippen molar-refractivity contribution in [2.24, 2.45) is 0 Å². The molecule has 4 rings (SSSR count). The van der Waals surface area contributed by atoms with Gasteiger partial charge in [-0.15, -0.1) is 0 Å². The summed E-state index contributed by atoms with van der Waals surface area (Å²) in [5.74, 6) is 0.0430. The van der Waals surface area contributed by atoms with Crippen molar-refractivity contribution >= 4 is 28.9 Å². The molecule has 1 aliphatic heterocycles. The molecule has 24 heavy (non-hydrogen) atoms. The number of Topliss-reactive ketones (excluding diaryl/α,β-unsaturated/α-hetero) is 1. The molecule has 0 unspecified atom stereocenters. The maximum atomic E-state index is 13.1. The lowest BCUT2D eigenvalue weighted by molar-refractivity contribution is 0.104. The average Bonchev–Trinajstić information content (AvgIpc) is 2.68. The minimum Gasteiger partial charge on any atom is -0.353 e. The number of fused-ring (bicyclic) bond motifs is 1. The number of anilines is 1. The fraction of sp³-hybridized carbons (Fsp3) is 0. The van der Waals surface area contributed by atoms with E-state index in [0.717, 1.165) is 26.7 Å². The third-order valence-corrected chi connectivity index (χ3v) is 5.06. The van der Waals surface area contributed by atoms with E-state index in [2.05, 4.69) is 5.32 Å². The lowest BCUT2D eigenvalue weighted by atomic mass is 10.1. The summed E-state index contributed by atoms with van der Waals surface area (Å²) in [5, 5.41) is 3.45. The third kappa shape index (κ3) is 2.74. The fourth-order valence-corrected chi connectivity index (χ4v) is 3.78. The molecule has 0 radical (unpaired) electrons. The highest BCUT2D eigenvalue weighted by molar-refractivity contribution is 8.04. The van der Waals surface area contributed by atoms with Crippen molar-refractivity contribution in [2.45, 2.75) is 4.90 Å². The van der Waals surface area contributed by atoms with Gasteiger partial charge < -0.3 is 5.32 Å². The highest BCUT2D eigenvalue weighted by atomic mass is 32.2. The van der Waals surface area contributed by atoms with Gasteiger partial charge in [0.05, 0.1) is 16.3 Å². The van der Waals surface area contributed by atoms with E-state index in [9.17, 15) is 4.79 Å². The molecule has 0 saturated carbocycles. The number of rotatable bonds is 3. The van der Waals surface area contributed by atoms with Crippen molar-refractivity contribution in [3.8, 4) is 0 Å². The quantitative estimate of drug-likeness (QED) is 0.647. The molecule has 0 aromatic heterocycles. The fourth-order valence-electron chi connectivity index (χ4n) is 2.70. The largest absolute Gasteiger partial charge is 0.353 e. The second-order valence-corrected chi connectivity index (χ2v) is 6.54. The van der Waals surface area contributed by atoms with Gasteiger partial charge in [-0.3, -0.25) is 4.79 Å². The van der Waals surface area contributed by atoms with Crippen molar-refractivity contribution in [1.29, 1.82) is 0 Å². The molecular weight excluding hydrogens is 314 g/mol. The first-order chi connectivity index (χ1) is 11.8. The Morgan fingerprint density at radius 2 is 1.38 bits per heavy atom. The van der Waals surface area contributed by atoms with Gasteiger partial charge in [-0.05, 0) is 17.7 Å². The van der Waals surface area contributed by atoms with Crippen molar-refractivity contribution in [3.05, 3.63) is 101 Å². The molecule has 2 nitrogen and oxygen atoms in total. The molecule has 3 heteroatoms. The number of ketones is 1. The van der Waals surface area contributed by atoms with Gasteiger partial charge >= 0.3 is 0 Å². The lowest BCUT2D eigenvalue weighted by Crippen LogP contribution is -2.13. The summed E-state index contributed by atoms with van der Waals surface area (Å²) in [7, 11) is 0. The average molecular weight is 329 g/mol. The standard InChI is InChI=1S/C21H15NOS/c23-20(16-11-5-2-6-12-16)21-19(15-9-3-1-4-10-15)22-17-13-7-8-14-18(17)24-21/h1-14,22H. The molecule has 116 valence electrons. The van der Waals surface area contributed by atoms with Crippen LogP contribution in [0.3, 0.4) is 0 Å². The second kappa shape index (κ2) is 6.38. The van der Waals surface area contributed by atoms with Crippen LogP contribution in [0.4, 0.5) is 5.69 Å². The van der Waals surface area contributed by atoms with Gasteiger partial charge in [-0.1, -0.05) is 84.6 Å². The summed E-state index contributed by atoms with van der Waals surface area (Å²) >= 11 is 1.53. The predicted octanol–water partition coefficient (Wildman–Crippen LogP) is 5.46. The maximum absolute atomic E-state index is 13.1. The van der Waals surface area contributed by atoms with E-state index >= 15 is 0 Å². The summed E-state index contributed by atoms with van der Waals surface area (Å²) < 4.78 is 0. The topological polar surface area (TPSA) is 29.1 Å². The third-order valence-electron chi connectivity index (χ3n) is 3.89. The van der Waals surface area contributed by atoms with E-state index in [0.29, 0.717) is 5.56 Å².